The minimum Gasteiger partial charge on any atom is -0.464 e. The Bertz CT molecular complexity index is 490. The molecule has 6 heteroatoms. The summed E-state index contributed by atoms with van der Waals surface area (Å²) < 4.78 is 12.1. The van der Waals surface area contributed by atoms with Crippen molar-refractivity contribution in [2.45, 2.75) is 39.7 Å². The number of aromatic nitrogens is 2. The lowest BCUT2D eigenvalue weighted by Gasteiger charge is -2.34. The van der Waals surface area contributed by atoms with Gasteiger partial charge in [-0.05, 0) is 18.3 Å². The Kier molecular flexibility index (Phi) is 4.32. The number of hydrogen-bond acceptors (Lipinski definition) is 5. The highest BCUT2D eigenvalue weighted by atomic mass is 16.5. The first-order valence-electron chi connectivity index (χ1n) is 7.01. The first-order valence-corrected chi connectivity index (χ1v) is 7.01. The molecule has 1 fully saturated rings. The van der Waals surface area contributed by atoms with Crippen LogP contribution in [0.2, 0.25) is 0 Å². The average Bonchev–Trinajstić information content (AvgIpc) is 2.75. The molecule has 20 heavy (non-hydrogen) atoms. The van der Waals surface area contributed by atoms with Crippen molar-refractivity contribution in [2.24, 2.45) is 5.41 Å². The smallest absolute Gasteiger partial charge is 0.360 e. The Morgan fingerprint density at radius 1 is 1.50 bits per heavy atom. The lowest BCUT2D eigenvalue weighted by Crippen LogP contribution is -2.32. The van der Waals surface area contributed by atoms with Crippen molar-refractivity contribution in [3.8, 4) is 0 Å². The molecule has 0 spiro atoms. The molecule has 0 unspecified atom stereocenters. The van der Waals surface area contributed by atoms with Crippen molar-refractivity contribution in [1.82, 2.24) is 9.55 Å². The van der Waals surface area contributed by atoms with Crippen LogP contribution < -0.4 is 5.73 Å². The number of nitrogens with zero attached hydrogens (tertiary/aromatic N) is 2. The summed E-state index contributed by atoms with van der Waals surface area (Å²) in [6.45, 7) is 6.54. The topological polar surface area (TPSA) is 79.4 Å². The zero-order valence-electron chi connectivity index (χ0n) is 12.4. The molecule has 112 valence electrons. The number of esters is 1. The normalized spacial score (nSPS) is 17.9. The lowest BCUT2D eigenvalue weighted by atomic mass is 9.82. The van der Waals surface area contributed by atoms with E-state index in [1.807, 2.05) is 11.5 Å². The van der Waals surface area contributed by atoms with Crippen LogP contribution in [-0.4, -0.2) is 35.8 Å². The molecular weight excluding hydrogens is 258 g/mol. The van der Waals surface area contributed by atoms with Gasteiger partial charge in [-0.2, -0.15) is 0 Å². The van der Waals surface area contributed by atoms with E-state index in [0.717, 1.165) is 44.8 Å². The molecule has 1 aromatic rings. The Morgan fingerprint density at radius 2 is 2.15 bits per heavy atom. The van der Waals surface area contributed by atoms with E-state index in [1.54, 1.807) is 0 Å². The van der Waals surface area contributed by atoms with Crippen LogP contribution in [0.15, 0.2) is 0 Å². The molecule has 0 amide bonds. The highest BCUT2D eigenvalue weighted by Crippen LogP contribution is 2.33. The van der Waals surface area contributed by atoms with Crippen LogP contribution in [0.5, 0.6) is 0 Å². The van der Waals surface area contributed by atoms with Crippen molar-refractivity contribution >= 4 is 11.8 Å². The Hall–Kier alpha value is -1.56. The molecule has 0 radical (unpaired) electrons. The maximum Gasteiger partial charge on any atom is 0.360 e. The van der Waals surface area contributed by atoms with Gasteiger partial charge in [0.2, 0.25) is 0 Å². The van der Waals surface area contributed by atoms with Gasteiger partial charge in [-0.3, -0.25) is 0 Å². The molecule has 1 aliphatic heterocycles. The molecular formula is C14H23N3O3. The number of hydrogen-bond donors (Lipinski definition) is 1. The highest BCUT2D eigenvalue weighted by Gasteiger charge is 2.31. The molecule has 1 saturated heterocycles. The monoisotopic (exact) mass is 281 g/mol. The van der Waals surface area contributed by atoms with E-state index in [1.165, 1.54) is 7.11 Å². The van der Waals surface area contributed by atoms with Crippen LogP contribution in [0.25, 0.3) is 0 Å². The second kappa shape index (κ2) is 5.83. The minimum atomic E-state index is -0.479. The molecule has 0 saturated carbocycles. The number of methoxy groups -OCH3 is 1. The van der Waals surface area contributed by atoms with E-state index in [9.17, 15) is 4.79 Å². The number of aryl methyl sites for hydroxylation is 1. The van der Waals surface area contributed by atoms with E-state index in [-0.39, 0.29) is 11.1 Å². The summed E-state index contributed by atoms with van der Waals surface area (Å²) >= 11 is 0. The van der Waals surface area contributed by atoms with E-state index in [2.05, 4.69) is 11.9 Å². The second-order valence-corrected chi connectivity index (χ2v) is 5.62. The SMILES string of the molecule is CCc1nc(C(=O)OC)c(N)n1CC1(C)CCOCC1. The summed E-state index contributed by atoms with van der Waals surface area (Å²) in [5.41, 5.74) is 6.45. The van der Waals surface area contributed by atoms with E-state index in [0.29, 0.717) is 5.82 Å². The predicted molar refractivity (Wildman–Crippen MR) is 75.5 cm³/mol. The van der Waals surface area contributed by atoms with Gasteiger partial charge >= 0.3 is 5.97 Å². The maximum absolute atomic E-state index is 11.7. The standard InChI is InChI=1S/C14H23N3O3/c1-4-10-16-11(13(18)19-3)12(15)17(10)9-14(2)5-7-20-8-6-14/h4-9,15H2,1-3H3. The molecule has 1 aromatic heterocycles. The average molecular weight is 281 g/mol. The number of carbonyl (C=O) groups excluding carboxylic acids is 1. The van der Waals surface area contributed by atoms with Crippen LogP contribution in [0.4, 0.5) is 5.82 Å². The fraction of sp³-hybridized carbons (Fsp3) is 0.714. The summed E-state index contributed by atoms with van der Waals surface area (Å²) in [5.74, 6) is 0.755. The quantitative estimate of drug-likeness (QED) is 0.849. The first-order chi connectivity index (χ1) is 9.50. The number of carbonyl (C=O) groups is 1. The van der Waals surface area contributed by atoms with Crippen LogP contribution in [0.3, 0.4) is 0 Å². The van der Waals surface area contributed by atoms with Crippen LogP contribution in [-0.2, 0) is 22.4 Å². The van der Waals surface area contributed by atoms with Gasteiger partial charge in [-0.1, -0.05) is 13.8 Å². The van der Waals surface area contributed by atoms with Gasteiger partial charge < -0.3 is 19.8 Å². The molecule has 0 bridgehead atoms. The van der Waals surface area contributed by atoms with Crippen LogP contribution in [0, 0.1) is 5.41 Å². The molecule has 0 atom stereocenters. The molecule has 1 aliphatic rings. The van der Waals surface area contributed by atoms with Crippen LogP contribution >= 0.6 is 0 Å². The van der Waals surface area contributed by atoms with Crippen molar-refractivity contribution in [3.05, 3.63) is 11.5 Å². The number of rotatable bonds is 4. The maximum atomic E-state index is 11.7. The number of nitrogen functional groups attached to an aromatic ring is 1. The van der Waals surface area contributed by atoms with Crippen molar-refractivity contribution in [2.75, 3.05) is 26.1 Å². The summed E-state index contributed by atoms with van der Waals surface area (Å²) in [6.07, 6.45) is 2.70. The molecule has 2 rings (SSSR count). The predicted octanol–water partition coefficient (Wildman–Crippen LogP) is 1.63. The lowest BCUT2D eigenvalue weighted by molar-refractivity contribution is 0.0154. The van der Waals surface area contributed by atoms with E-state index in [4.69, 9.17) is 15.2 Å². The fourth-order valence-corrected chi connectivity index (χ4v) is 2.61. The molecule has 2 heterocycles. The van der Waals surface area contributed by atoms with Crippen molar-refractivity contribution in [3.63, 3.8) is 0 Å². The second-order valence-electron chi connectivity index (χ2n) is 5.62. The number of imidazole rings is 1. The van der Waals surface area contributed by atoms with Gasteiger partial charge in [-0.25, -0.2) is 9.78 Å². The Labute approximate surface area is 119 Å². The highest BCUT2D eigenvalue weighted by molar-refractivity contribution is 5.92. The molecule has 0 aromatic carbocycles. The Morgan fingerprint density at radius 3 is 2.70 bits per heavy atom. The van der Waals surface area contributed by atoms with Gasteiger partial charge in [-0.15, -0.1) is 0 Å². The number of nitrogens with two attached hydrogens (primary N) is 1. The van der Waals surface area contributed by atoms with Crippen molar-refractivity contribution < 1.29 is 14.3 Å². The number of ether oxygens (including phenoxy) is 2. The zero-order chi connectivity index (χ0) is 14.8. The first kappa shape index (κ1) is 14.8. The van der Waals surface area contributed by atoms with Crippen molar-refractivity contribution in [1.29, 1.82) is 0 Å². The van der Waals surface area contributed by atoms with E-state index >= 15 is 0 Å². The van der Waals surface area contributed by atoms with Gasteiger partial charge in [0, 0.05) is 26.2 Å². The Balaban J connectivity index is 2.30. The third kappa shape index (κ3) is 2.80. The zero-order valence-corrected chi connectivity index (χ0v) is 12.4. The van der Waals surface area contributed by atoms with Gasteiger partial charge in [0.25, 0.3) is 0 Å². The number of anilines is 1. The third-order valence-electron chi connectivity index (χ3n) is 4.02. The third-order valence-corrected chi connectivity index (χ3v) is 4.02. The van der Waals surface area contributed by atoms with Gasteiger partial charge in [0.05, 0.1) is 7.11 Å². The van der Waals surface area contributed by atoms with E-state index < -0.39 is 5.97 Å². The summed E-state index contributed by atoms with van der Waals surface area (Å²) in [5, 5.41) is 0. The van der Waals surface area contributed by atoms with Gasteiger partial charge in [0.15, 0.2) is 5.69 Å². The fourth-order valence-electron chi connectivity index (χ4n) is 2.61. The van der Waals surface area contributed by atoms with Gasteiger partial charge in [0.1, 0.15) is 11.6 Å². The summed E-state index contributed by atoms with van der Waals surface area (Å²) in [6, 6.07) is 0. The molecule has 0 aliphatic carbocycles. The largest absolute Gasteiger partial charge is 0.464 e. The molecule has 2 N–H and O–H groups in total. The minimum absolute atomic E-state index is 0.129. The summed E-state index contributed by atoms with van der Waals surface area (Å²) in [7, 11) is 1.34. The summed E-state index contributed by atoms with van der Waals surface area (Å²) in [4.78, 5) is 16.0. The molecule has 6 nitrogen and oxygen atoms in total. The van der Waals surface area contributed by atoms with Crippen LogP contribution in [0.1, 0.15) is 43.0 Å².